The van der Waals surface area contributed by atoms with Crippen molar-refractivity contribution in [3.8, 4) is 6.07 Å². The lowest BCUT2D eigenvalue weighted by atomic mass is 10.1. The third-order valence-corrected chi connectivity index (χ3v) is 6.96. The number of hydrogen-bond donors (Lipinski definition) is 1. The standard InChI is InChI=1S/C26H20BrN3O2S/c1-17-7-13-21(14-8-17)30-25(32)23(15-18-9-11-19(27)12-10-18)33-26(30)22(16-28)24(31)29-20-5-3-2-4-6-20/h2-14,23H,15H2,1H3,(H,29,31)/b26-22+/t23-/m1/s1. The highest BCUT2D eigenvalue weighted by atomic mass is 79.9. The largest absolute Gasteiger partial charge is 0.321 e. The third-order valence-electron chi connectivity index (χ3n) is 5.16. The van der Waals surface area contributed by atoms with Crippen molar-refractivity contribution in [3.63, 3.8) is 0 Å². The first-order valence-corrected chi connectivity index (χ1v) is 12.0. The van der Waals surface area contributed by atoms with Gasteiger partial charge in [-0.15, -0.1) is 0 Å². The van der Waals surface area contributed by atoms with Gasteiger partial charge in [-0.05, 0) is 55.3 Å². The van der Waals surface area contributed by atoms with Gasteiger partial charge in [0.1, 0.15) is 16.7 Å². The van der Waals surface area contributed by atoms with Crippen LogP contribution in [0.25, 0.3) is 0 Å². The van der Waals surface area contributed by atoms with E-state index in [2.05, 4.69) is 21.2 Å². The number of rotatable bonds is 5. The first kappa shape index (κ1) is 22.8. The molecule has 0 aliphatic carbocycles. The Bertz CT molecular complexity index is 1250. The molecule has 0 spiro atoms. The average molecular weight is 518 g/mol. The summed E-state index contributed by atoms with van der Waals surface area (Å²) in [6, 6.07) is 26.2. The first-order chi connectivity index (χ1) is 16.0. The molecule has 5 nitrogen and oxygen atoms in total. The Labute approximate surface area is 205 Å². The van der Waals surface area contributed by atoms with Gasteiger partial charge in [-0.2, -0.15) is 5.26 Å². The van der Waals surface area contributed by atoms with E-state index in [0.717, 1.165) is 15.6 Å². The van der Waals surface area contributed by atoms with E-state index < -0.39 is 11.2 Å². The summed E-state index contributed by atoms with van der Waals surface area (Å²) in [6.07, 6.45) is 0.488. The van der Waals surface area contributed by atoms with Gasteiger partial charge in [-0.25, -0.2) is 0 Å². The molecule has 4 rings (SSSR count). The Kier molecular flexibility index (Phi) is 6.97. The molecule has 33 heavy (non-hydrogen) atoms. The number of carbonyl (C=O) groups excluding carboxylic acids is 2. The van der Waals surface area contributed by atoms with E-state index in [1.165, 1.54) is 16.7 Å². The van der Waals surface area contributed by atoms with Crippen molar-refractivity contribution < 1.29 is 9.59 Å². The van der Waals surface area contributed by atoms with Gasteiger partial charge in [-0.3, -0.25) is 14.5 Å². The number of hydrogen-bond acceptors (Lipinski definition) is 4. The van der Waals surface area contributed by atoms with E-state index in [1.54, 1.807) is 24.3 Å². The summed E-state index contributed by atoms with van der Waals surface area (Å²) in [4.78, 5) is 28.0. The maximum Gasteiger partial charge on any atom is 0.269 e. The van der Waals surface area contributed by atoms with Crippen LogP contribution in [0.15, 0.2) is 93.9 Å². The van der Waals surface area contributed by atoms with E-state index in [0.29, 0.717) is 22.8 Å². The van der Waals surface area contributed by atoms with Gasteiger partial charge in [0.2, 0.25) is 5.91 Å². The summed E-state index contributed by atoms with van der Waals surface area (Å²) in [5.74, 6) is -0.692. The highest BCUT2D eigenvalue weighted by molar-refractivity contribution is 9.10. The van der Waals surface area contributed by atoms with E-state index in [4.69, 9.17) is 0 Å². The van der Waals surface area contributed by atoms with Gasteiger partial charge in [-0.1, -0.05) is 75.7 Å². The number of nitrogens with zero attached hydrogens (tertiary/aromatic N) is 2. The zero-order valence-corrected chi connectivity index (χ0v) is 20.2. The molecule has 1 saturated heterocycles. The maximum absolute atomic E-state index is 13.5. The Morgan fingerprint density at radius 3 is 2.36 bits per heavy atom. The SMILES string of the molecule is Cc1ccc(N2C(=O)[C@@H](Cc3ccc(Br)cc3)S/C2=C(\C#N)C(=O)Nc2ccccc2)cc1. The minimum atomic E-state index is -0.541. The molecule has 1 heterocycles. The van der Waals surface area contributed by atoms with E-state index >= 15 is 0 Å². The fourth-order valence-electron chi connectivity index (χ4n) is 3.47. The number of anilines is 2. The van der Waals surface area contributed by atoms with Crippen molar-refractivity contribution in [3.05, 3.63) is 105 Å². The average Bonchev–Trinajstić information content (AvgIpc) is 3.12. The zero-order valence-electron chi connectivity index (χ0n) is 17.8. The van der Waals surface area contributed by atoms with Crippen molar-refractivity contribution in [1.82, 2.24) is 0 Å². The number of thioether (sulfide) groups is 1. The number of amides is 2. The predicted octanol–water partition coefficient (Wildman–Crippen LogP) is 5.82. The first-order valence-electron chi connectivity index (χ1n) is 10.3. The van der Waals surface area contributed by atoms with Crippen LogP contribution in [0.3, 0.4) is 0 Å². The van der Waals surface area contributed by atoms with Crippen LogP contribution in [0.5, 0.6) is 0 Å². The zero-order chi connectivity index (χ0) is 23.4. The van der Waals surface area contributed by atoms with Gasteiger partial charge in [0.05, 0.1) is 5.25 Å². The summed E-state index contributed by atoms with van der Waals surface area (Å²) in [6.45, 7) is 1.96. The van der Waals surface area contributed by atoms with Gasteiger partial charge < -0.3 is 5.32 Å². The van der Waals surface area contributed by atoms with E-state index in [-0.39, 0.29) is 11.5 Å². The van der Waals surface area contributed by atoms with Crippen molar-refractivity contribution >= 4 is 50.9 Å². The molecular formula is C26H20BrN3O2S. The molecule has 1 atom stereocenters. The molecule has 3 aromatic rings. The molecule has 0 radical (unpaired) electrons. The molecule has 1 aliphatic rings. The van der Waals surface area contributed by atoms with Crippen LogP contribution in [-0.2, 0) is 16.0 Å². The van der Waals surface area contributed by atoms with E-state index in [1.807, 2.05) is 67.6 Å². The van der Waals surface area contributed by atoms with Crippen molar-refractivity contribution in [2.75, 3.05) is 10.2 Å². The van der Waals surface area contributed by atoms with Crippen LogP contribution in [0, 0.1) is 18.3 Å². The molecule has 3 aromatic carbocycles. The summed E-state index contributed by atoms with van der Waals surface area (Å²) in [5.41, 5.74) is 3.18. The molecule has 0 bridgehead atoms. The van der Waals surface area contributed by atoms with Crippen LogP contribution in [0.2, 0.25) is 0 Å². The molecule has 0 unspecified atom stereocenters. The summed E-state index contributed by atoms with van der Waals surface area (Å²) >= 11 is 4.69. The van der Waals surface area contributed by atoms with Crippen LogP contribution in [0.4, 0.5) is 11.4 Å². The molecule has 1 aliphatic heterocycles. The molecule has 1 fully saturated rings. The maximum atomic E-state index is 13.5. The summed E-state index contributed by atoms with van der Waals surface area (Å²) in [7, 11) is 0. The highest BCUT2D eigenvalue weighted by Gasteiger charge is 2.40. The monoisotopic (exact) mass is 517 g/mol. The fraction of sp³-hybridized carbons (Fsp3) is 0.115. The fourth-order valence-corrected chi connectivity index (χ4v) is 5.04. The molecule has 7 heteroatoms. The topological polar surface area (TPSA) is 73.2 Å². The normalized spacial score (nSPS) is 16.9. The number of nitriles is 1. The second-order valence-corrected chi connectivity index (χ2v) is 9.67. The predicted molar refractivity (Wildman–Crippen MR) is 136 cm³/mol. The number of benzene rings is 3. The number of aryl methyl sites for hydroxylation is 1. The van der Waals surface area contributed by atoms with Crippen molar-refractivity contribution in [2.45, 2.75) is 18.6 Å². The number of nitrogens with one attached hydrogen (secondary N) is 1. The number of para-hydroxylation sites is 1. The Balaban J connectivity index is 1.72. The lowest BCUT2D eigenvalue weighted by Crippen LogP contribution is -2.30. The van der Waals surface area contributed by atoms with E-state index in [9.17, 15) is 14.9 Å². The van der Waals surface area contributed by atoms with Gasteiger partial charge in [0.25, 0.3) is 5.91 Å². The van der Waals surface area contributed by atoms with Crippen LogP contribution >= 0.6 is 27.7 Å². The Morgan fingerprint density at radius 2 is 1.73 bits per heavy atom. The molecule has 2 amide bonds. The van der Waals surface area contributed by atoms with Crippen molar-refractivity contribution in [1.29, 1.82) is 5.26 Å². The van der Waals surface area contributed by atoms with Gasteiger partial charge in [0, 0.05) is 15.8 Å². The van der Waals surface area contributed by atoms with Gasteiger partial charge >= 0.3 is 0 Å². The second kappa shape index (κ2) is 10.1. The van der Waals surface area contributed by atoms with Crippen molar-refractivity contribution in [2.24, 2.45) is 0 Å². The lowest BCUT2D eigenvalue weighted by molar-refractivity contribution is -0.117. The number of carbonyl (C=O) groups is 2. The van der Waals surface area contributed by atoms with Crippen LogP contribution in [0.1, 0.15) is 11.1 Å². The minimum absolute atomic E-state index is 0.0870. The highest BCUT2D eigenvalue weighted by Crippen LogP contribution is 2.42. The minimum Gasteiger partial charge on any atom is -0.321 e. The molecule has 0 saturated carbocycles. The van der Waals surface area contributed by atoms with Crippen LogP contribution in [-0.4, -0.2) is 17.1 Å². The molecule has 164 valence electrons. The summed E-state index contributed by atoms with van der Waals surface area (Å²) < 4.78 is 0.961. The lowest BCUT2D eigenvalue weighted by Gasteiger charge is -2.19. The summed E-state index contributed by atoms with van der Waals surface area (Å²) in [5, 5.41) is 12.6. The smallest absolute Gasteiger partial charge is 0.269 e. The molecule has 1 N–H and O–H groups in total. The quantitative estimate of drug-likeness (QED) is 0.341. The van der Waals surface area contributed by atoms with Crippen LogP contribution < -0.4 is 10.2 Å². The molecule has 0 aromatic heterocycles. The second-order valence-electron chi connectivity index (χ2n) is 7.56. The Hall–Kier alpha value is -3.34. The third kappa shape index (κ3) is 5.19. The molecular weight excluding hydrogens is 498 g/mol. The Morgan fingerprint density at radius 1 is 1.06 bits per heavy atom. The van der Waals surface area contributed by atoms with Gasteiger partial charge in [0.15, 0.2) is 0 Å². The number of halogens is 1.